The highest BCUT2D eigenvalue weighted by molar-refractivity contribution is 7.80. The van der Waals surface area contributed by atoms with Crippen LogP contribution in [-0.4, -0.2) is 30.1 Å². The normalized spacial score (nSPS) is 14.7. The van der Waals surface area contributed by atoms with Crippen LogP contribution in [0.1, 0.15) is 18.1 Å². The Morgan fingerprint density at radius 2 is 1.91 bits per heavy atom. The number of allylic oxidation sites excluding steroid dienone is 1. The fourth-order valence-electron chi connectivity index (χ4n) is 3.35. The van der Waals surface area contributed by atoms with Crippen molar-refractivity contribution in [2.75, 3.05) is 18.1 Å². The van der Waals surface area contributed by atoms with Gasteiger partial charge in [-0.25, -0.2) is 0 Å². The van der Waals surface area contributed by atoms with Crippen molar-refractivity contribution >= 4 is 64.1 Å². The number of hydrogen-bond acceptors (Lipinski definition) is 5. The highest BCUT2D eigenvalue weighted by Gasteiger charge is 2.35. The van der Waals surface area contributed by atoms with Gasteiger partial charge in [-0.05, 0) is 61.5 Å². The summed E-state index contributed by atoms with van der Waals surface area (Å²) in [7, 11) is 0. The van der Waals surface area contributed by atoms with E-state index in [0.717, 1.165) is 10.5 Å². The molecular formula is C25H22Cl2N2O4S. The zero-order chi connectivity index (χ0) is 24.8. The van der Waals surface area contributed by atoms with Crippen molar-refractivity contribution in [1.82, 2.24) is 5.32 Å². The van der Waals surface area contributed by atoms with E-state index in [0.29, 0.717) is 36.7 Å². The average Bonchev–Trinajstić information content (AvgIpc) is 2.79. The molecule has 0 saturated carbocycles. The fraction of sp³-hybridized carbons (Fsp3) is 0.160. The predicted molar refractivity (Wildman–Crippen MR) is 140 cm³/mol. The summed E-state index contributed by atoms with van der Waals surface area (Å²) in [6, 6.07) is 8.32. The first-order valence-electron chi connectivity index (χ1n) is 10.3. The van der Waals surface area contributed by atoms with Crippen LogP contribution in [0.3, 0.4) is 0 Å². The minimum Gasteiger partial charge on any atom is -0.490 e. The third-order valence-corrected chi connectivity index (χ3v) is 5.84. The van der Waals surface area contributed by atoms with Crippen molar-refractivity contribution in [3.05, 3.63) is 82.4 Å². The topological polar surface area (TPSA) is 67.9 Å². The summed E-state index contributed by atoms with van der Waals surface area (Å²) >= 11 is 17.7. The van der Waals surface area contributed by atoms with Crippen LogP contribution < -0.4 is 19.7 Å². The lowest BCUT2D eigenvalue weighted by Gasteiger charge is -2.29. The van der Waals surface area contributed by atoms with Crippen molar-refractivity contribution in [2.24, 2.45) is 0 Å². The van der Waals surface area contributed by atoms with Crippen LogP contribution >= 0.6 is 35.4 Å². The number of rotatable bonds is 9. The molecule has 0 spiro atoms. The number of carbonyl (C=O) groups excluding carboxylic acids is 2. The lowest BCUT2D eigenvalue weighted by atomic mass is 10.0. The summed E-state index contributed by atoms with van der Waals surface area (Å²) in [5.74, 6) is -0.228. The second-order valence-electron chi connectivity index (χ2n) is 7.06. The molecule has 0 aromatic heterocycles. The molecule has 1 fully saturated rings. The second kappa shape index (κ2) is 11.3. The smallest absolute Gasteiger partial charge is 0.270 e. The van der Waals surface area contributed by atoms with Crippen LogP contribution in [0.15, 0.2) is 61.2 Å². The van der Waals surface area contributed by atoms with Gasteiger partial charge in [0.15, 0.2) is 16.6 Å². The zero-order valence-corrected chi connectivity index (χ0v) is 20.7. The summed E-state index contributed by atoms with van der Waals surface area (Å²) < 4.78 is 11.6. The summed E-state index contributed by atoms with van der Waals surface area (Å²) in [5.41, 5.74) is 1.49. The molecule has 176 valence electrons. The molecule has 6 nitrogen and oxygen atoms in total. The number of thiocarbonyl (C=S) groups is 1. The van der Waals surface area contributed by atoms with E-state index < -0.39 is 11.8 Å². The van der Waals surface area contributed by atoms with Gasteiger partial charge >= 0.3 is 0 Å². The molecule has 1 heterocycles. The second-order valence-corrected chi connectivity index (χ2v) is 8.24. The number of anilines is 1. The van der Waals surface area contributed by atoms with Crippen LogP contribution in [0.5, 0.6) is 11.5 Å². The maximum Gasteiger partial charge on any atom is 0.270 e. The summed E-state index contributed by atoms with van der Waals surface area (Å²) in [5, 5.41) is 2.84. The number of nitrogens with one attached hydrogen (secondary N) is 1. The standard InChI is InChI=1S/C25H22Cl2N2O4S/c1-4-8-16-12-15(14-20(32-6-3)22(16)33-11-5-2)13-17-23(30)28-25(34)29(24(17)31)19-10-7-9-18(26)21(19)27/h4-5,7,9-10,12-14H,1-2,6,8,11H2,3H3,(H,28,30,34)/b17-13+. The largest absolute Gasteiger partial charge is 0.490 e. The first-order valence-corrected chi connectivity index (χ1v) is 11.5. The highest BCUT2D eigenvalue weighted by atomic mass is 35.5. The number of halogens is 2. The Labute approximate surface area is 213 Å². The van der Waals surface area contributed by atoms with Gasteiger partial charge in [0.2, 0.25) is 0 Å². The maximum atomic E-state index is 13.4. The molecule has 9 heteroatoms. The number of nitrogens with zero attached hydrogens (tertiary/aromatic N) is 1. The van der Waals surface area contributed by atoms with Gasteiger partial charge in [-0.15, -0.1) is 6.58 Å². The van der Waals surface area contributed by atoms with Crippen LogP contribution in [0, 0.1) is 0 Å². The lowest BCUT2D eigenvalue weighted by Crippen LogP contribution is -2.54. The molecule has 1 aliphatic heterocycles. The van der Waals surface area contributed by atoms with Gasteiger partial charge in [-0.1, -0.05) is 48.0 Å². The van der Waals surface area contributed by atoms with E-state index in [1.165, 1.54) is 6.08 Å². The Morgan fingerprint density at radius 3 is 2.59 bits per heavy atom. The quantitative estimate of drug-likeness (QED) is 0.206. The van der Waals surface area contributed by atoms with Crippen molar-refractivity contribution in [3.8, 4) is 11.5 Å². The predicted octanol–water partition coefficient (Wildman–Crippen LogP) is 5.52. The van der Waals surface area contributed by atoms with Gasteiger partial charge in [-0.2, -0.15) is 0 Å². The third-order valence-electron chi connectivity index (χ3n) is 4.75. The monoisotopic (exact) mass is 516 g/mol. The maximum absolute atomic E-state index is 13.4. The minimum absolute atomic E-state index is 0.0909. The summed E-state index contributed by atoms with van der Waals surface area (Å²) in [4.78, 5) is 27.2. The molecular weight excluding hydrogens is 495 g/mol. The fourth-order valence-corrected chi connectivity index (χ4v) is 4.00. The zero-order valence-electron chi connectivity index (χ0n) is 18.4. The molecule has 0 aliphatic carbocycles. The molecule has 0 bridgehead atoms. The Balaban J connectivity index is 2.11. The first-order chi connectivity index (χ1) is 16.3. The lowest BCUT2D eigenvalue weighted by molar-refractivity contribution is -0.122. The Morgan fingerprint density at radius 1 is 1.15 bits per heavy atom. The van der Waals surface area contributed by atoms with E-state index in [9.17, 15) is 9.59 Å². The molecule has 1 aliphatic rings. The average molecular weight is 517 g/mol. The minimum atomic E-state index is -0.631. The molecule has 34 heavy (non-hydrogen) atoms. The summed E-state index contributed by atoms with van der Waals surface area (Å²) in [6.07, 6.45) is 5.31. The SMILES string of the molecule is C=CCOc1c(CC=C)cc(/C=C2\C(=O)NC(=S)N(c3cccc(Cl)c3Cl)C2=O)cc1OCC. The van der Waals surface area contributed by atoms with Crippen LogP contribution in [0.2, 0.25) is 10.0 Å². The molecule has 3 rings (SSSR count). The number of hydrogen-bond donors (Lipinski definition) is 1. The Kier molecular flexibility index (Phi) is 8.50. The molecule has 2 amide bonds. The molecule has 1 N–H and O–H groups in total. The Bertz CT molecular complexity index is 1210. The van der Waals surface area contributed by atoms with Crippen molar-refractivity contribution in [1.29, 1.82) is 0 Å². The summed E-state index contributed by atoms with van der Waals surface area (Å²) in [6.45, 7) is 10.0. The van der Waals surface area contributed by atoms with E-state index in [-0.39, 0.29) is 26.4 Å². The van der Waals surface area contributed by atoms with Gasteiger partial charge < -0.3 is 9.47 Å². The van der Waals surface area contributed by atoms with E-state index in [2.05, 4.69) is 18.5 Å². The van der Waals surface area contributed by atoms with Crippen molar-refractivity contribution < 1.29 is 19.1 Å². The van der Waals surface area contributed by atoms with Crippen molar-refractivity contribution in [2.45, 2.75) is 13.3 Å². The van der Waals surface area contributed by atoms with Gasteiger partial charge in [-0.3, -0.25) is 19.8 Å². The Hall–Kier alpha value is -3.13. The van der Waals surface area contributed by atoms with Gasteiger partial charge in [0, 0.05) is 5.56 Å². The van der Waals surface area contributed by atoms with Crippen molar-refractivity contribution in [3.63, 3.8) is 0 Å². The molecule has 0 atom stereocenters. The van der Waals surface area contributed by atoms with E-state index in [1.807, 2.05) is 6.92 Å². The number of carbonyl (C=O) groups is 2. The van der Waals surface area contributed by atoms with Crippen LogP contribution in [-0.2, 0) is 16.0 Å². The third kappa shape index (κ3) is 5.33. The number of benzene rings is 2. The molecule has 0 radical (unpaired) electrons. The number of ether oxygens (including phenoxy) is 2. The molecule has 0 unspecified atom stereocenters. The van der Waals surface area contributed by atoms with Gasteiger partial charge in [0.1, 0.15) is 12.2 Å². The molecule has 2 aromatic carbocycles. The van der Waals surface area contributed by atoms with Crippen LogP contribution in [0.4, 0.5) is 5.69 Å². The van der Waals surface area contributed by atoms with Gasteiger partial charge in [0.05, 0.1) is 22.3 Å². The van der Waals surface area contributed by atoms with Crippen LogP contribution in [0.25, 0.3) is 6.08 Å². The van der Waals surface area contributed by atoms with E-state index >= 15 is 0 Å². The first kappa shape index (κ1) is 25.5. The number of amides is 2. The molecule has 1 saturated heterocycles. The highest BCUT2D eigenvalue weighted by Crippen LogP contribution is 2.36. The van der Waals surface area contributed by atoms with E-state index in [4.69, 9.17) is 44.9 Å². The van der Waals surface area contributed by atoms with Gasteiger partial charge in [0.25, 0.3) is 11.8 Å². The molecule has 2 aromatic rings. The van der Waals surface area contributed by atoms with E-state index in [1.54, 1.807) is 42.5 Å².